The Morgan fingerprint density at radius 1 is 0.459 bits per heavy atom. The van der Waals surface area contributed by atoms with Crippen molar-refractivity contribution in [3.63, 3.8) is 0 Å². The maximum Gasteiger partial charge on any atom is 0.303 e. The number of rotatable bonds is 16. The number of aliphatic hydroxyl groups is 1. The van der Waals surface area contributed by atoms with E-state index in [0.717, 1.165) is 62.3 Å². The number of ether oxygens (including phenoxy) is 13. The number of nitrogens with one attached hydrogen (secondary N) is 1. The van der Waals surface area contributed by atoms with Gasteiger partial charge in [-0.05, 0) is 0 Å². The van der Waals surface area contributed by atoms with Gasteiger partial charge in [-0.25, -0.2) is 4.39 Å². The summed E-state index contributed by atoms with van der Waals surface area (Å²) in [5, 5.41) is 13.5. The lowest BCUT2D eigenvalue weighted by Crippen LogP contribution is -2.70. The van der Waals surface area contributed by atoms with Crippen molar-refractivity contribution in [1.29, 1.82) is 0 Å². The van der Waals surface area contributed by atoms with Crippen molar-refractivity contribution in [1.82, 2.24) is 5.32 Å². The van der Waals surface area contributed by atoms with Crippen LogP contribution in [0.3, 0.4) is 0 Å². The first-order valence-corrected chi connectivity index (χ1v) is 18.6. The minimum absolute atomic E-state index is 0.668. The molecular weight excluding hydrogens is 833 g/mol. The van der Waals surface area contributed by atoms with Crippen LogP contribution in [0.25, 0.3) is 0 Å². The molecule has 9 unspecified atom stereocenters. The first kappa shape index (κ1) is 50.3. The highest BCUT2D eigenvalue weighted by Gasteiger charge is 2.59. The average Bonchev–Trinajstić information content (AvgIpc) is 3.12. The number of hydrogen-bond acceptors (Lipinski definition) is 23. The normalized spacial score (nSPS) is 33.4. The van der Waals surface area contributed by atoms with E-state index in [-0.39, 0.29) is 0 Å². The Balaban J connectivity index is 2.19. The fourth-order valence-corrected chi connectivity index (χ4v) is 6.53. The van der Waals surface area contributed by atoms with Gasteiger partial charge in [0, 0.05) is 62.3 Å². The Bertz CT molecular complexity index is 1630. The molecule has 0 radical (unpaired) electrons. The lowest BCUT2D eigenvalue weighted by Gasteiger charge is -2.50. The van der Waals surface area contributed by atoms with Crippen molar-refractivity contribution in [2.45, 2.75) is 154 Å². The molecule has 3 heterocycles. The first-order chi connectivity index (χ1) is 28.5. The summed E-state index contributed by atoms with van der Waals surface area (Å²) in [6.07, 6.45) is -26.0. The van der Waals surface area contributed by atoms with Gasteiger partial charge < -0.3 is 72.0 Å². The molecule has 61 heavy (non-hydrogen) atoms. The third kappa shape index (κ3) is 14.8. The van der Waals surface area contributed by atoms with Gasteiger partial charge in [0.2, 0.25) is 12.3 Å². The van der Waals surface area contributed by atoms with E-state index in [2.05, 4.69) is 5.32 Å². The Hall–Kier alpha value is -5.08. The second kappa shape index (κ2) is 22.7. The van der Waals surface area contributed by atoms with Crippen LogP contribution in [-0.4, -0.2) is 171 Å². The molecule has 0 aliphatic carbocycles. The van der Waals surface area contributed by atoms with E-state index < -0.39 is 166 Å². The summed E-state index contributed by atoms with van der Waals surface area (Å²) in [7, 11) is 0. The van der Waals surface area contributed by atoms with Gasteiger partial charge in [0.15, 0.2) is 49.2 Å². The Morgan fingerprint density at radius 2 is 0.852 bits per heavy atom. The zero-order chi connectivity index (χ0) is 45.9. The monoisotopic (exact) mass is 883 g/mol. The molecular formula is C36H50FNO23. The van der Waals surface area contributed by atoms with E-state index >= 15 is 4.39 Å². The van der Waals surface area contributed by atoms with Crippen LogP contribution >= 0.6 is 0 Å². The molecule has 0 aromatic rings. The number of halogens is 1. The SMILES string of the molecule is CC(=O)N[C@@H]1C(O[C@H]2C(F)OC(COC(C)=O)[C@@H](O)C2OC(C)=O)OC(COC(C)=O)[C@@H](OC2OC(COC(C)=O)[C@H](OC(C)=O)C(OC(C)=O)[C@@H]2OC(C)=O)C1OC(C)=O. The van der Waals surface area contributed by atoms with Gasteiger partial charge in [0.05, 0.1) is 0 Å². The van der Waals surface area contributed by atoms with E-state index in [1.54, 1.807) is 0 Å². The van der Waals surface area contributed by atoms with Crippen molar-refractivity contribution in [2.24, 2.45) is 0 Å². The summed E-state index contributed by atoms with van der Waals surface area (Å²) in [5.41, 5.74) is 0. The molecule has 2 N–H and O–H groups in total. The van der Waals surface area contributed by atoms with Gasteiger partial charge >= 0.3 is 47.8 Å². The molecule has 25 heteroatoms. The minimum atomic E-state index is -2.57. The lowest BCUT2D eigenvalue weighted by atomic mass is 9.94. The number of hydrogen-bond donors (Lipinski definition) is 2. The number of aliphatic hydroxyl groups excluding tert-OH is 1. The third-order valence-electron chi connectivity index (χ3n) is 8.66. The quantitative estimate of drug-likeness (QED) is 0.127. The summed E-state index contributed by atoms with van der Waals surface area (Å²) in [5.74, 6) is -8.32. The highest BCUT2D eigenvalue weighted by molar-refractivity contribution is 5.74. The number of carbonyl (C=O) groups is 9. The summed E-state index contributed by atoms with van der Waals surface area (Å²) in [6.45, 7) is 6.83. The van der Waals surface area contributed by atoms with Gasteiger partial charge in [-0.3, -0.25) is 43.2 Å². The third-order valence-corrected chi connectivity index (χ3v) is 8.66. The van der Waals surface area contributed by atoms with Crippen molar-refractivity contribution >= 4 is 53.7 Å². The largest absolute Gasteiger partial charge is 0.463 e. The molecule has 15 atom stereocenters. The second-order valence-electron chi connectivity index (χ2n) is 13.8. The fraction of sp³-hybridized carbons (Fsp3) is 0.750. The van der Waals surface area contributed by atoms with Crippen LogP contribution in [-0.2, 0) is 105 Å². The maximum atomic E-state index is 16.0. The van der Waals surface area contributed by atoms with Gasteiger partial charge in [0.1, 0.15) is 56.4 Å². The molecule has 0 bridgehead atoms. The molecule has 3 fully saturated rings. The van der Waals surface area contributed by atoms with Crippen LogP contribution < -0.4 is 5.32 Å². The lowest BCUT2D eigenvalue weighted by molar-refractivity contribution is -0.365. The molecule has 3 aliphatic heterocycles. The molecule has 0 aromatic heterocycles. The molecule has 0 spiro atoms. The smallest absolute Gasteiger partial charge is 0.303 e. The molecule has 3 aliphatic rings. The van der Waals surface area contributed by atoms with Crippen LogP contribution in [0.1, 0.15) is 62.3 Å². The molecule has 0 saturated carbocycles. The van der Waals surface area contributed by atoms with Gasteiger partial charge in [-0.15, -0.1) is 0 Å². The van der Waals surface area contributed by atoms with Crippen molar-refractivity contribution in [3.05, 3.63) is 0 Å². The van der Waals surface area contributed by atoms with E-state index in [4.69, 9.17) is 61.6 Å². The molecule has 3 rings (SSSR count). The summed E-state index contributed by atoms with van der Waals surface area (Å²) >= 11 is 0. The molecule has 344 valence electrons. The van der Waals surface area contributed by atoms with Crippen LogP contribution in [0.15, 0.2) is 0 Å². The predicted octanol–water partition coefficient (Wildman–Crippen LogP) is -1.89. The summed E-state index contributed by atoms with van der Waals surface area (Å²) in [6, 6.07) is -1.74. The van der Waals surface area contributed by atoms with Crippen LogP contribution in [0.2, 0.25) is 0 Å². The number of amides is 1. The van der Waals surface area contributed by atoms with Crippen molar-refractivity contribution in [3.8, 4) is 0 Å². The van der Waals surface area contributed by atoms with Crippen molar-refractivity contribution < 1.29 is 114 Å². The Morgan fingerprint density at radius 3 is 1.33 bits per heavy atom. The highest BCUT2D eigenvalue weighted by Crippen LogP contribution is 2.37. The predicted molar refractivity (Wildman–Crippen MR) is 188 cm³/mol. The number of carbonyl (C=O) groups excluding carboxylic acids is 9. The first-order valence-electron chi connectivity index (χ1n) is 18.6. The van der Waals surface area contributed by atoms with Crippen LogP contribution in [0, 0.1) is 0 Å². The van der Waals surface area contributed by atoms with Gasteiger partial charge in [0.25, 0.3) is 0 Å². The minimum Gasteiger partial charge on any atom is -0.463 e. The number of alkyl halides is 1. The Labute approximate surface area is 347 Å². The van der Waals surface area contributed by atoms with E-state index in [1.165, 1.54) is 0 Å². The molecule has 3 saturated heterocycles. The zero-order valence-electron chi connectivity index (χ0n) is 34.6. The maximum absolute atomic E-state index is 16.0. The molecule has 24 nitrogen and oxygen atoms in total. The standard InChI is InChI=1S/C36H50FNO23/c1-13(39)38-25-29(53-18(6)44)27(60-36-33(56-21(9)47)31(55-20(8)46)28(52-17(5)43)24(59-36)12-51-16(4)42)23(11-50-15(3)41)58-35(25)61-32-30(54-19(7)45)26(48)22(57-34(32)37)10-49-14(2)40/h22-36,48H,10-12H2,1-9H3,(H,38,39)/t22?,23?,24?,25-,26+,27+,28-,29?,30?,31?,32+,33-,34?,35?,36?/m0/s1. The average molecular weight is 884 g/mol. The van der Waals surface area contributed by atoms with E-state index in [9.17, 15) is 48.3 Å². The van der Waals surface area contributed by atoms with Gasteiger partial charge in [-0.2, -0.15) is 0 Å². The van der Waals surface area contributed by atoms with Crippen LogP contribution in [0.4, 0.5) is 4.39 Å². The van der Waals surface area contributed by atoms with E-state index in [0.29, 0.717) is 0 Å². The summed E-state index contributed by atoms with van der Waals surface area (Å²) in [4.78, 5) is 110. The number of esters is 8. The van der Waals surface area contributed by atoms with Crippen molar-refractivity contribution in [2.75, 3.05) is 19.8 Å². The van der Waals surface area contributed by atoms with Crippen LogP contribution in [0.5, 0.6) is 0 Å². The fourth-order valence-electron chi connectivity index (χ4n) is 6.53. The molecule has 1 amide bonds. The topological polar surface area (TPSA) is 306 Å². The Kier molecular flexibility index (Phi) is 18.7. The van der Waals surface area contributed by atoms with E-state index in [1.807, 2.05) is 0 Å². The van der Waals surface area contributed by atoms with Gasteiger partial charge in [-0.1, -0.05) is 0 Å². The highest BCUT2D eigenvalue weighted by atomic mass is 19.1. The summed E-state index contributed by atoms with van der Waals surface area (Å²) < 4.78 is 87.9. The molecule has 0 aromatic carbocycles. The second-order valence-corrected chi connectivity index (χ2v) is 13.8. The zero-order valence-corrected chi connectivity index (χ0v) is 34.6.